The van der Waals surface area contributed by atoms with E-state index in [1.165, 1.54) is 6.42 Å². The van der Waals surface area contributed by atoms with Crippen LogP contribution in [0.5, 0.6) is 0 Å². The number of Topliss-reactive ketones (excluding diaryl/α,β-unsaturated/α-hetero) is 1. The van der Waals surface area contributed by atoms with E-state index in [0.29, 0.717) is 6.42 Å². The molecule has 6 rings (SSSR count). The van der Waals surface area contributed by atoms with Crippen molar-refractivity contribution in [3.63, 3.8) is 0 Å². The van der Waals surface area contributed by atoms with Crippen LogP contribution in [0.3, 0.4) is 0 Å². The van der Waals surface area contributed by atoms with Gasteiger partial charge in [0.25, 0.3) is 0 Å². The molecule has 0 N–H and O–H groups in total. The lowest BCUT2D eigenvalue weighted by Crippen LogP contribution is -2.64. The lowest BCUT2D eigenvalue weighted by atomic mass is 9.34. The highest BCUT2D eigenvalue weighted by Crippen LogP contribution is 2.75. The number of fused-ring (bicyclic) bond motifs is 7. The van der Waals surface area contributed by atoms with Crippen LogP contribution < -0.4 is 0 Å². The molecule has 5 heteroatoms. The van der Waals surface area contributed by atoms with E-state index >= 15 is 0 Å². The quantitative estimate of drug-likeness (QED) is 0.301. The smallest absolute Gasteiger partial charge is 0.306 e. The molecular formula is C39H55NO4. The number of hydrogen-bond acceptors (Lipinski definition) is 5. The molecule has 0 amide bonds. The number of carbonyl (C=O) groups is 3. The van der Waals surface area contributed by atoms with Crippen LogP contribution in [-0.4, -0.2) is 23.6 Å². The Morgan fingerprint density at radius 1 is 0.932 bits per heavy atom. The van der Waals surface area contributed by atoms with Gasteiger partial charge in [0, 0.05) is 23.2 Å². The molecule has 5 nitrogen and oxygen atoms in total. The minimum absolute atomic E-state index is 0.0170. The maximum absolute atomic E-state index is 14.7. The fourth-order valence-electron chi connectivity index (χ4n) is 12.0. The van der Waals surface area contributed by atoms with Gasteiger partial charge in [0.2, 0.25) is 0 Å². The van der Waals surface area contributed by atoms with E-state index in [-0.39, 0.29) is 68.6 Å². The summed E-state index contributed by atoms with van der Waals surface area (Å²) >= 11 is 0. The second-order valence-electron chi connectivity index (χ2n) is 17.9. The van der Waals surface area contributed by atoms with Crippen molar-refractivity contribution >= 4 is 17.5 Å². The third-order valence-corrected chi connectivity index (χ3v) is 14.7. The lowest BCUT2D eigenvalue weighted by molar-refractivity contribution is -0.174. The first kappa shape index (κ1) is 31.7. The third-order valence-electron chi connectivity index (χ3n) is 14.7. The molecule has 0 bridgehead atoms. The van der Waals surface area contributed by atoms with Gasteiger partial charge in [0.1, 0.15) is 12.2 Å². The SMILES string of the molecule is CC1(C)CC[C@]2(CCC(=O)OC3CCCCC3)CC[C@]3(C)C(C(=O)C=C4[C@@]5(C)C=C(C#N)C(=O)C(C)(C)[C@@H]5CC[C@]43C)[C@H]2C1. The Morgan fingerprint density at radius 3 is 2.30 bits per heavy atom. The first-order valence-corrected chi connectivity index (χ1v) is 17.7. The molecule has 4 fully saturated rings. The van der Waals surface area contributed by atoms with Crippen molar-refractivity contribution in [3.8, 4) is 6.07 Å². The average molecular weight is 602 g/mol. The zero-order valence-corrected chi connectivity index (χ0v) is 28.4. The number of nitrogens with zero attached hydrogens (tertiary/aromatic N) is 1. The highest BCUT2D eigenvalue weighted by atomic mass is 16.5. The van der Waals surface area contributed by atoms with Crippen molar-refractivity contribution in [3.05, 3.63) is 23.3 Å². The van der Waals surface area contributed by atoms with Crippen molar-refractivity contribution in [1.29, 1.82) is 5.26 Å². The zero-order valence-electron chi connectivity index (χ0n) is 28.4. The van der Waals surface area contributed by atoms with Crippen LogP contribution in [0.25, 0.3) is 0 Å². The van der Waals surface area contributed by atoms with Gasteiger partial charge in [0.05, 0.1) is 5.57 Å². The third kappa shape index (κ3) is 4.54. The van der Waals surface area contributed by atoms with Gasteiger partial charge in [-0.2, -0.15) is 5.26 Å². The largest absolute Gasteiger partial charge is 0.462 e. The van der Waals surface area contributed by atoms with E-state index in [4.69, 9.17) is 4.74 Å². The van der Waals surface area contributed by atoms with E-state index in [1.807, 2.05) is 26.0 Å². The average Bonchev–Trinajstić information content (AvgIpc) is 2.96. The number of rotatable bonds is 4. The van der Waals surface area contributed by atoms with E-state index in [1.54, 1.807) is 0 Å². The molecule has 240 valence electrons. The summed E-state index contributed by atoms with van der Waals surface area (Å²) in [5, 5.41) is 9.98. The second-order valence-corrected chi connectivity index (χ2v) is 17.9. The fraction of sp³-hybridized carbons (Fsp3) is 0.795. The van der Waals surface area contributed by atoms with Gasteiger partial charge in [-0.1, -0.05) is 66.5 Å². The zero-order chi connectivity index (χ0) is 31.9. The van der Waals surface area contributed by atoms with Crippen LogP contribution in [0.1, 0.15) is 138 Å². The minimum Gasteiger partial charge on any atom is -0.462 e. The molecule has 44 heavy (non-hydrogen) atoms. The van der Waals surface area contributed by atoms with Gasteiger partial charge in [-0.3, -0.25) is 14.4 Å². The predicted octanol–water partition coefficient (Wildman–Crippen LogP) is 8.86. The van der Waals surface area contributed by atoms with Crippen LogP contribution in [0.2, 0.25) is 0 Å². The Labute approximate surface area is 265 Å². The number of hydrogen-bond donors (Lipinski definition) is 0. The number of ketones is 2. The van der Waals surface area contributed by atoms with Crippen LogP contribution in [0, 0.1) is 61.6 Å². The summed E-state index contributed by atoms with van der Waals surface area (Å²) in [6.07, 6.45) is 17.9. The van der Waals surface area contributed by atoms with Crippen LogP contribution in [-0.2, 0) is 19.1 Å². The first-order chi connectivity index (χ1) is 20.5. The molecule has 4 saturated carbocycles. The lowest BCUT2D eigenvalue weighted by Gasteiger charge is -2.69. The normalized spacial score (nSPS) is 42.8. The number of ether oxygens (including phenoxy) is 1. The molecule has 0 heterocycles. The monoisotopic (exact) mass is 601 g/mol. The molecule has 1 unspecified atom stereocenters. The van der Waals surface area contributed by atoms with Gasteiger partial charge in [-0.15, -0.1) is 0 Å². The van der Waals surface area contributed by atoms with Gasteiger partial charge in [-0.05, 0) is 117 Å². The summed E-state index contributed by atoms with van der Waals surface area (Å²) in [5.41, 5.74) is -0.0658. The highest BCUT2D eigenvalue weighted by molar-refractivity contribution is 6.04. The van der Waals surface area contributed by atoms with Gasteiger partial charge < -0.3 is 4.74 Å². The topological polar surface area (TPSA) is 84.2 Å². The first-order valence-electron chi connectivity index (χ1n) is 17.7. The molecule has 0 radical (unpaired) electrons. The summed E-state index contributed by atoms with van der Waals surface area (Å²) in [6.45, 7) is 15.7. The summed E-state index contributed by atoms with van der Waals surface area (Å²) < 4.78 is 5.97. The van der Waals surface area contributed by atoms with E-state index in [2.05, 4.69) is 40.7 Å². The van der Waals surface area contributed by atoms with Crippen LogP contribution >= 0.6 is 0 Å². The van der Waals surface area contributed by atoms with Crippen LogP contribution in [0.4, 0.5) is 0 Å². The molecule has 0 saturated heterocycles. The standard InChI is InChI=1S/C39H55NO4/c1-34(2)17-19-39(16-14-31(42)44-26-11-9-8-10-12-26)20-18-38(7)32(27(39)23-34)28(41)21-30-36(5)22-25(24-40)33(43)35(3,4)29(36)13-15-37(30,38)6/h21-22,26-27,29,32H,8-20,23H2,1-7H3/t27-,29+,32?,36+,37-,38-,39-/m1/s1. The molecule has 6 aliphatic rings. The van der Waals surface area contributed by atoms with Gasteiger partial charge in [0.15, 0.2) is 11.6 Å². The van der Waals surface area contributed by atoms with Crippen molar-refractivity contribution in [2.75, 3.05) is 0 Å². The number of carbonyl (C=O) groups excluding carboxylic acids is 3. The molecule has 6 aliphatic carbocycles. The van der Waals surface area contributed by atoms with Crippen molar-refractivity contribution in [2.24, 2.45) is 50.2 Å². The van der Waals surface area contributed by atoms with E-state index in [9.17, 15) is 19.6 Å². The molecule has 0 aliphatic heterocycles. The summed E-state index contributed by atoms with van der Waals surface area (Å²) in [4.78, 5) is 41.2. The predicted molar refractivity (Wildman–Crippen MR) is 171 cm³/mol. The number of esters is 1. The highest BCUT2D eigenvalue weighted by Gasteiger charge is 2.69. The Balaban J connectivity index is 1.36. The van der Waals surface area contributed by atoms with E-state index < -0.39 is 10.8 Å². The summed E-state index contributed by atoms with van der Waals surface area (Å²) in [5.74, 6) is 0.324. The molecule has 0 aromatic carbocycles. The van der Waals surface area contributed by atoms with Gasteiger partial charge >= 0.3 is 5.97 Å². The maximum Gasteiger partial charge on any atom is 0.306 e. The maximum atomic E-state index is 14.7. The second kappa shape index (κ2) is 10.4. The van der Waals surface area contributed by atoms with Crippen molar-refractivity contribution in [1.82, 2.24) is 0 Å². The number of nitriles is 1. The summed E-state index contributed by atoms with van der Waals surface area (Å²) in [7, 11) is 0. The Kier molecular flexibility index (Phi) is 7.50. The minimum atomic E-state index is -0.654. The van der Waals surface area contributed by atoms with E-state index in [0.717, 1.165) is 82.6 Å². The van der Waals surface area contributed by atoms with Crippen LogP contribution in [0.15, 0.2) is 23.3 Å². The molecule has 0 aromatic rings. The summed E-state index contributed by atoms with van der Waals surface area (Å²) in [6, 6.07) is 2.21. The Bertz CT molecular complexity index is 1360. The fourth-order valence-corrected chi connectivity index (χ4v) is 12.0. The molecule has 7 atom stereocenters. The molecule has 0 aromatic heterocycles. The molecular weight excluding hydrogens is 546 g/mol. The van der Waals surface area contributed by atoms with Crippen molar-refractivity contribution in [2.45, 2.75) is 144 Å². The Morgan fingerprint density at radius 2 is 1.61 bits per heavy atom. The van der Waals surface area contributed by atoms with Crippen molar-refractivity contribution < 1.29 is 19.1 Å². The van der Waals surface area contributed by atoms with Gasteiger partial charge in [-0.25, -0.2) is 0 Å². The Hall–Kier alpha value is -2.22. The number of allylic oxidation sites excluding steroid dienone is 4. The molecule has 0 spiro atoms.